The molecule has 1 fully saturated rings. The molecule has 98 valence electrons. The third-order valence-corrected chi connectivity index (χ3v) is 3.06. The summed E-state index contributed by atoms with van der Waals surface area (Å²) in [7, 11) is 0. The Morgan fingerprint density at radius 3 is 2.56 bits per heavy atom. The molecule has 1 atom stereocenters. The van der Waals surface area contributed by atoms with Gasteiger partial charge >= 0.3 is 0 Å². The molecule has 1 unspecified atom stereocenters. The Labute approximate surface area is 106 Å². The van der Waals surface area contributed by atoms with Gasteiger partial charge in [0, 0.05) is 37.9 Å². The molecule has 18 heavy (non-hydrogen) atoms. The average Bonchev–Trinajstić information content (AvgIpc) is 2.38. The van der Waals surface area contributed by atoms with Crippen LogP contribution in [0.4, 0.5) is 5.82 Å². The smallest absolute Gasteiger partial charge is 0.251 e. The Balaban J connectivity index is 1.96. The van der Waals surface area contributed by atoms with Crippen LogP contribution in [0.15, 0.2) is 12.4 Å². The van der Waals surface area contributed by atoms with Crippen LogP contribution in [0.1, 0.15) is 12.6 Å². The Morgan fingerprint density at radius 1 is 1.33 bits per heavy atom. The van der Waals surface area contributed by atoms with Crippen molar-refractivity contribution in [3.63, 3.8) is 0 Å². The summed E-state index contributed by atoms with van der Waals surface area (Å²) in [4.78, 5) is 23.7. The number of aromatic nitrogens is 2. The van der Waals surface area contributed by atoms with Crippen molar-refractivity contribution in [3.8, 4) is 0 Å². The Bertz CT molecular complexity index is 428. The second kappa shape index (κ2) is 5.30. The predicted molar refractivity (Wildman–Crippen MR) is 67.2 cm³/mol. The van der Waals surface area contributed by atoms with Gasteiger partial charge in [-0.3, -0.25) is 4.79 Å². The van der Waals surface area contributed by atoms with E-state index in [1.54, 1.807) is 11.2 Å². The molecule has 1 aliphatic rings. The van der Waals surface area contributed by atoms with Gasteiger partial charge in [0.2, 0.25) is 0 Å². The van der Waals surface area contributed by atoms with E-state index in [1.807, 2.05) is 13.0 Å². The van der Waals surface area contributed by atoms with Crippen LogP contribution >= 0.6 is 0 Å². The lowest BCUT2D eigenvalue weighted by Gasteiger charge is -2.35. The molecular formula is C12H18N4O2. The van der Waals surface area contributed by atoms with Crippen molar-refractivity contribution in [2.45, 2.75) is 20.0 Å². The number of aryl methyl sites for hydroxylation is 1. The summed E-state index contributed by atoms with van der Waals surface area (Å²) in [5, 5.41) is 9.27. The summed E-state index contributed by atoms with van der Waals surface area (Å²) in [5.41, 5.74) is 0.933. The number of amides is 1. The van der Waals surface area contributed by atoms with E-state index in [0.29, 0.717) is 13.1 Å². The highest BCUT2D eigenvalue weighted by molar-refractivity contribution is 5.80. The zero-order valence-electron chi connectivity index (χ0n) is 10.7. The molecule has 0 saturated carbocycles. The molecule has 1 amide bonds. The van der Waals surface area contributed by atoms with Crippen molar-refractivity contribution >= 4 is 11.7 Å². The minimum Gasteiger partial charge on any atom is -0.384 e. The highest BCUT2D eigenvalue weighted by atomic mass is 16.3. The molecule has 0 bridgehead atoms. The van der Waals surface area contributed by atoms with E-state index in [9.17, 15) is 9.90 Å². The first-order valence-corrected chi connectivity index (χ1v) is 6.08. The van der Waals surface area contributed by atoms with Crippen LogP contribution in [0.25, 0.3) is 0 Å². The molecule has 1 N–H and O–H groups in total. The first-order valence-electron chi connectivity index (χ1n) is 6.08. The van der Waals surface area contributed by atoms with E-state index in [0.717, 1.165) is 24.6 Å². The second-order valence-electron chi connectivity index (χ2n) is 4.51. The van der Waals surface area contributed by atoms with Gasteiger partial charge in [-0.05, 0) is 13.8 Å². The van der Waals surface area contributed by atoms with Gasteiger partial charge in [0.1, 0.15) is 18.2 Å². The fourth-order valence-electron chi connectivity index (χ4n) is 2.03. The van der Waals surface area contributed by atoms with Crippen molar-refractivity contribution in [3.05, 3.63) is 18.1 Å². The normalized spacial score (nSPS) is 17.7. The van der Waals surface area contributed by atoms with Gasteiger partial charge in [0.05, 0.1) is 0 Å². The quantitative estimate of drug-likeness (QED) is 0.788. The molecule has 1 aromatic heterocycles. The summed E-state index contributed by atoms with van der Waals surface area (Å²) in [6.45, 7) is 6.13. The molecule has 0 spiro atoms. The third-order valence-electron chi connectivity index (χ3n) is 3.06. The van der Waals surface area contributed by atoms with Gasteiger partial charge < -0.3 is 14.9 Å². The zero-order chi connectivity index (χ0) is 13.1. The number of aliphatic hydroxyl groups is 1. The molecule has 6 heteroatoms. The van der Waals surface area contributed by atoms with E-state index in [2.05, 4.69) is 14.9 Å². The molecular weight excluding hydrogens is 232 g/mol. The van der Waals surface area contributed by atoms with Gasteiger partial charge in [0.15, 0.2) is 0 Å². The van der Waals surface area contributed by atoms with E-state index >= 15 is 0 Å². The summed E-state index contributed by atoms with van der Waals surface area (Å²) >= 11 is 0. The molecule has 0 aliphatic carbocycles. The number of hydrogen-bond acceptors (Lipinski definition) is 5. The molecule has 2 heterocycles. The molecule has 1 aromatic rings. The molecule has 0 radical (unpaired) electrons. The third kappa shape index (κ3) is 2.76. The highest BCUT2D eigenvalue weighted by Crippen LogP contribution is 2.13. The van der Waals surface area contributed by atoms with Crippen molar-refractivity contribution in [1.82, 2.24) is 14.9 Å². The van der Waals surface area contributed by atoms with Crippen LogP contribution in [0, 0.1) is 6.92 Å². The van der Waals surface area contributed by atoms with Crippen molar-refractivity contribution in [2.24, 2.45) is 0 Å². The first kappa shape index (κ1) is 12.8. The van der Waals surface area contributed by atoms with Crippen molar-refractivity contribution in [1.29, 1.82) is 0 Å². The molecule has 1 aliphatic heterocycles. The lowest BCUT2D eigenvalue weighted by atomic mass is 10.2. The summed E-state index contributed by atoms with van der Waals surface area (Å²) in [6, 6.07) is 1.94. The van der Waals surface area contributed by atoms with Gasteiger partial charge in [0.25, 0.3) is 5.91 Å². The highest BCUT2D eigenvalue weighted by Gasteiger charge is 2.24. The molecule has 0 aromatic carbocycles. The molecule has 1 saturated heterocycles. The van der Waals surface area contributed by atoms with Crippen molar-refractivity contribution < 1.29 is 9.90 Å². The monoisotopic (exact) mass is 250 g/mol. The van der Waals surface area contributed by atoms with Crippen LogP contribution in [0.5, 0.6) is 0 Å². The summed E-state index contributed by atoms with van der Waals surface area (Å²) in [5.74, 6) is 0.695. The Morgan fingerprint density at radius 2 is 2.00 bits per heavy atom. The fourth-order valence-corrected chi connectivity index (χ4v) is 2.03. The van der Waals surface area contributed by atoms with E-state index < -0.39 is 6.10 Å². The van der Waals surface area contributed by atoms with Crippen LogP contribution < -0.4 is 4.90 Å². The SMILES string of the molecule is Cc1cc(N2CCN(C(=O)C(C)O)CC2)ncn1. The number of hydrogen-bond donors (Lipinski definition) is 1. The van der Waals surface area contributed by atoms with Crippen LogP contribution in [-0.2, 0) is 4.79 Å². The maximum atomic E-state index is 11.6. The largest absolute Gasteiger partial charge is 0.384 e. The summed E-state index contributed by atoms with van der Waals surface area (Å²) < 4.78 is 0. The van der Waals surface area contributed by atoms with Gasteiger partial charge in [-0.25, -0.2) is 9.97 Å². The van der Waals surface area contributed by atoms with Gasteiger partial charge in [-0.1, -0.05) is 0 Å². The molecule has 2 rings (SSSR count). The maximum Gasteiger partial charge on any atom is 0.251 e. The number of aliphatic hydroxyl groups excluding tert-OH is 1. The number of anilines is 1. The maximum absolute atomic E-state index is 11.6. The number of carbonyl (C=O) groups excluding carboxylic acids is 1. The van der Waals surface area contributed by atoms with Gasteiger partial charge in [-0.15, -0.1) is 0 Å². The predicted octanol–water partition coefficient (Wildman–Crippen LogP) is -0.186. The molecule has 6 nitrogen and oxygen atoms in total. The number of nitrogens with zero attached hydrogens (tertiary/aromatic N) is 4. The zero-order valence-corrected chi connectivity index (χ0v) is 10.7. The fraction of sp³-hybridized carbons (Fsp3) is 0.583. The van der Waals surface area contributed by atoms with Crippen molar-refractivity contribution in [2.75, 3.05) is 31.1 Å². The number of carbonyl (C=O) groups is 1. The lowest BCUT2D eigenvalue weighted by molar-refractivity contribution is -0.139. The second-order valence-corrected chi connectivity index (χ2v) is 4.51. The van der Waals surface area contributed by atoms with Crippen LogP contribution in [-0.4, -0.2) is 58.2 Å². The lowest BCUT2D eigenvalue weighted by Crippen LogP contribution is -2.51. The first-order chi connectivity index (χ1) is 8.58. The van der Waals surface area contributed by atoms with E-state index in [-0.39, 0.29) is 5.91 Å². The standard InChI is InChI=1S/C12H18N4O2/c1-9-7-11(14-8-13-9)15-3-5-16(6-4-15)12(18)10(2)17/h7-8,10,17H,3-6H2,1-2H3. The minimum atomic E-state index is -0.919. The Kier molecular flexibility index (Phi) is 3.76. The van der Waals surface area contributed by atoms with Gasteiger partial charge in [-0.2, -0.15) is 0 Å². The van der Waals surface area contributed by atoms with Crippen LogP contribution in [0.2, 0.25) is 0 Å². The Hall–Kier alpha value is -1.69. The van der Waals surface area contributed by atoms with Crippen LogP contribution in [0.3, 0.4) is 0 Å². The minimum absolute atomic E-state index is 0.200. The van der Waals surface area contributed by atoms with E-state index in [4.69, 9.17) is 0 Å². The topological polar surface area (TPSA) is 69.6 Å². The number of rotatable bonds is 2. The average molecular weight is 250 g/mol. The summed E-state index contributed by atoms with van der Waals surface area (Å²) in [6.07, 6.45) is 0.635. The van der Waals surface area contributed by atoms with E-state index in [1.165, 1.54) is 6.92 Å². The number of piperazine rings is 1.